The Hall–Kier alpha value is -2.55. The molecule has 9 nitrogen and oxygen atoms in total. The molecule has 1 fully saturated rings. The van der Waals surface area contributed by atoms with Crippen LogP contribution in [0.15, 0.2) is 11.0 Å². The molecule has 1 amide bonds. The molecule has 4 heterocycles. The van der Waals surface area contributed by atoms with E-state index in [1.165, 1.54) is 0 Å². The first kappa shape index (κ1) is 17.8. The summed E-state index contributed by atoms with van der Waals surface area (Å²) in [5.41, 5.74) is 0.571. The van der Waals surface area contributed by atoms with Gasteiger partial charge in [0, 0.05) is 44.1 Å². The minimum Gasteiger partial charge on any atom is -0.483 e. The molecule has 0 aliphatic carbocycles. The molecular weight excluding hydrogens is 350 g/mol. The predicted octanol–water partition coefficient (Wildman–Crippen LogP) is 1.28. The minimum absolute atomic E-state index is 0.188. The summed E-state index contributed by atoms with van der Waals surface area (Å²) >= 11 is 0. The number of piperidine rings is 1. The van der Waals surface area contributed by atoms with E-state index in [1.807, 2.05) is 20.0 Å². The smallest absolute Gasteiger partial charge is 0.323 e. The van der Waals surface area contributed by atoms with Crippen LogP contribution in [0.1, 0.15) is 67.1 Å². The number of carbonyl (C=O) groups is 1. The quantitative estimate of drug-likeness (QED) is 0.731. The molecule has 1 unspecified atom stereocenters. The molecule has 0 bridgehead atoms. The van der Waals surface area contributed by atoms with Crippen LogP contribution in [0.3, 0.4) is 0 Å². The highest BCUT2D eigenvalue weighted by Crippen LogP contribution is 2.44. The van der Waals surface area contributed by atoms with E-state index in [0.29, 0.717) is 55.2 Å². The highest BCUT2D eigenvalue weighted by molar-refractivity contribution is 5.93. The van der Waals surface area contributed by atoms with Crippen LogP contribution in [-0.4, -0.2) is 54.4 Å². The van der Waals surface area contributed by atoms with E-state index in [0.717, 1.165) is 0 Å². The second-order valence-electron chi connectivity index (χ2n) is 7.83. The summed E-state index contributed by atoms with van der Waals surface area (Å²) in [6, 6.07) is 0.188. The topological polar surface area (TPSA) is 116 Å². The largest absolute Gasteiger partial charge is 0.483 e. The fourth-order valence-corrected chi connectivity index (χ4v) is 3.95. The number of aromatic amines is 2. The molecule has 146 valence electrons. The molecule has 4 rings (SSSR count). The van der Waals surface area contributed by atoms with Gasteiger partial charge in [0.25, 0.3) is 5.91 Å². The Morgan fingerprint density at radius 3 is 2.67 bits per heavy atom. The summed E-state index contributed by atoms with van der Waals surface area (Å²) in [5, 5.41) is 15.0. The van der Waals surface area contributed by atoms with Crippen LogP contribution < -0.4 is 10.4 Å². The number of nitrogens with one attached hydrogen (secondary N) is 2. The normalized spacial score (nSPS) is 21.4. The standard InChI is InChI=1S/C18H25N5O4/c1-10(2)23-9-13-15(21-23)12(24)8-18(27-13)4-6-22(7-5-18)16(25)14-11(3)19-17(26)20-14/h9-10,12,24H,4-8H2,1-3H3,(H2,19,20,26). The van der Waals surface area contributed by atoms with Gasteiger partial charge in [-0.25, -0.2) is 4.79 Å². The van der Waals surface area contributed by atoms with Crippen LogP contribution in [0.25, 0.3) is 0 Å². The van der Waals surface area contributed by atoms with Gasteiger partial charge in [-0.3, -0.25) is 9.48 Å². The summed E-state index contributed by atoms with van der Waals surface area (Å²) in [7, 11) is 0. The van der Waals surface area contributed by atoms with Crippen molar-refractivity contribution < 1.29 is 14.6 Å². The summed E-state index contributed by atoms with van der Waals surface area (Å²) in [4.78, 5) is 31.0. The minimum atomic E-state index is -0.667. The second kappa shape index (κ2) is 6.26. The lowest BCUT2D eigenvalue weighted by Crippen LogP contribution is -2.51. The first-order valence-corrected chi connectivity index (χ1v) is 9.32. The van der Waals surface area contributed by atoms with E-state index < -0.39 is 11.7 Å². The van der Waals surface area contributed by atoms with Gasteiger partial charge >= 0.3 is 5.69 Å². The van der Waals surface area contributed by atoms with Crippen LogP contribution in [0.5, 0.6) is 5.75 Å². The molecular formula is C18H25N5O4. The molecule has 2 aromatic heterocycles. The number of aliphatic hydroxyl groups excluding tert-OH is 1. The fourth-order valence-electron chi connectivity index (χ4n) is 3.95. The summed E-state index contributed by atoms with van der Waals surface area (Å²) in [6.07, 6.45) is 2.89. The van der Waals surface area contributed by atoms with E-state index in [1.54, 1.807) is 16.5 Å². The van der Waals surface area contributed by atoms with Crippen molar-refractivity contribution >= 4 is 5.91 Å². The number of aryl methyl sites for hydroxylation is 1. The van der Waals surface area contributed by atoms with Crippen molar-refractivity contribution in [3.05, 3.63) is 33.8 Å². The van der Waals surface area contributed by atoms with Gasteiger partial charge < -0.3 is 24.7 Å². The van der Waals surface area contributed by atoms with Crippen molar-refractivity contribution in [2.24, 2.45) is 0 Å². The number of rotatable bonds is 2. The molecule has 3 N–H and O–H groups in total. The third kappa shape index (κ3) is 3.05. The zero-order valence-corrected chi connectivity index (χ0v) is 15.8. The average molecular weight is 375 g/mol. The van der Waals surface area contributed by atoms with Crippen LogP contribution in [-0.2, 0) is 0 Å². The number of carbonyl (C=O) groups excluding carboxylic acids is 1. The Morgan fingerprint density at radius 2 is 2.07 bits per heavy atom. The number of H-pyrrole nitrogens is 2. The Kier molecular flexibility index (Phi) is 4.14. The number of ether oxygens (including phenoxy) is 1. The van der Waals surface area contributed by atoms with Gasteiger partial charge in [0.05, 0.1) is 6.20 Å². The highest BCUT2D eigenvalue weighted by atomic mass is 16.5. The van der Waals surface area contributed by atoms with Gasteiger partial charge in [-0.1, -0.05) is 0 Å². The fraction of sp³-hybridized carbons (Fsp3) is 0.611. The number of aliphatic hydroxyl groups is 1. The first-order chi connectivity index (χ1) is 12.8. The maximum absolute atomic E-state index is 12.7. The molecule has 2 aromatic rings. The van der Waals surface area contributed by atoms with E-state index in [2.05, 4.69) is 15.1 Å². The van der Waals surface area contributed by atoms with Crippen molar-refractivity contribution in [1.82, 2.24) is 24.6 Å². The number of aromatic nitrogens is 4. The molecule has 1 spiro atoms. The molecule has 2 aliphatic heterocycles. The summed E-state index contributed by atoms with van der Waals surface area (Å²) in [5.74, 6) is 0.443. The number of likely N-dealkylation sites (tertiary alicyclic amines) is 1. The Labute approximate surface area is 156 Å². The van der Waals surface area contributed by atoms with E-state index in [4.69, 9.17) is 4.74 Å². The number of fused-ring (bicyclic) bond motifs is 1. The Bertz CT molecular complexity index is 917. The zero-order chi connectivity index (χ0) is 19.3. The molecule has 0 aromatic carbocycles. The predicted molar refractivity (Wildman–Crippen MR) is 96.8 cm³/mol. The maximum Gasteiger partial charge on any atom is 0.323 e. The summed E-state index contributed by atoms with van der Waals surface area (Å²) in [6.45, 7) is 6.76. The first-order valence-electron chi connectivity index (χ1n) is 9.32. The number of nitrogens with zero attached hydrogens (tertiary/aromatic N) is 3. The lowest BCUT2D eigenvalue weighted by molar-refractivity contribution is -0.0505. The van der Waals surface area contributed by atoms with Gasteiger partial charge in [0.15, 0.2) is 5.75 Å². The number of hydrogen-bond donors (Lipinski definition) is 3. The lowest BCUT2D eigenvalue weighted by atomic mass is 9.83. The van der Waals surface area contributed by atoms with E-state index >= 15 is 0 Å². The third-order valence-electron chi connectivity index (χ3n) is 5.55. The van der Waals surface area contributed by atoms with Gasteiger partial charge in [0.2, 0.25) is 0 Å². The lowest BCUT2D eigenvalue weighted by Gasteiger charge is -2.44. The highest BCUT2D eigenvalue weighted by Gasteiger charge is 2.45. The van der Waals surface area contributed by atoms with Crippen LogP contribution >= 0.6 is 0 Å². The Morgan fingerprint density at radius 1 is 1.37 bits per heavy atom. The van der Waals surface area contributed by atoms with Crippen LogP contribution in [0, 0.1) is 6.92 Å². The van der Waals surface area contributed by atoms with Crippen molar-refractivity contribution in [3.63, 3.8) is 0 Å². The molecule has 1 atom stereocenters. The van der Waals surface area contributed by atoms with E-state index in [-0.39, 0.29) is 17.6 Å². The maximum atomic E-state index is 12.7. The van der Waals surface area contributed by atoms with Gasteiger partial charge in [0.1, 0.15) is 23.1 Å². The van der Waals surface area contributed by atoms with Crippen molar-refractivity contribution in [2.45, 2.75) is 57.8 Å². The zero-order valence-electron chi connectivity index (χ0n) is 15.8. The van der Waals surface area contributed by atoms with Crippen molar-refractivity contribution in [3.8, 4) is 5.75 Å². The number of amides is 1. The Balaban J connectivity index is 1.49. The second-order valence-corrected chi connectivity index (χ2v) is 7.83. The SMILES string of the molecule is Cc1[nH]c(=O)[nH]c1C(=O)N1CCC2(CC1)CC(O)c1nn(C(C)C)cc1O2. The summed E-state index contributed by atoms with van der Waals surface area (Å²) < 4.78 is 8.08. The number of hydrogen-bond acceptors (Lipinski definition) is 5. The molecule has 27 heavy (non-hydrogen) atoms. The van der Waals surface area contributed by atoms with Crippen LogP contribution in [0.2, 0.25) is 0 Å². The molecule has 9 heteroatoms. The van der Waals surface area contributed by atoms with E-state index in [9.17, 15) is 14.7 Å². The van der Waals surface area contributed by atoms with Gasteiger partial charge in [-0.05, 0) is 20.8 Å². The number of imidazole rings is 1. The van der Waals surface area contributed by atoms with Gasteiger partial charge in [-0.15, -0.1) is 0 Å². The monoisotopic (exact) mass is 375 g/mol. The molecule has 0 saturated carbocycles. The van der Waals surface area contributed by atoms with Crippen molar-refractivity contribution in [2.75, 3.05) is 13.1 Å². The average Bonchev–Trinajstić information content (AvgIpc) is 3.18. The molecule has 2 aliphatic rings. The van der Waals surface area contributed by atoms with Gasteiger partial charge in [-0.2, -0.15) is 5.10 Å². The molecule has 0 radical (unpaired) electrons. The molecule has 1 saturated heterocycles. The van der Waals surface area contributed by atoms with Crippen LogP contribution in [0.4, 0.5) is 0 Å². The van der Waals surface area contributed by atoms with Crippen molar-refractivity contribution in [1.29, 1.82) is 0 Å². The third-order valence-corrected chi connectivity index (χ3v) is 5.55.